The van der Waals surface area contributed by atoms with Gasteiger partial charge in [-0.1, -0.05) is 29.8 Å². The van der Waals surface area contributed by atoms with E-state index in [1.54, 1.807) is 0 Å². The van der Waals surface area contributed by atoms with Crippen LogP contribution in [0.15, 0.2) is 24.3 Å². The molecule has 0 aliphatic carbocycles. The van der Waals surface area contributed by atoms with E-state index in [4.69, 9.17) is 11.6 Å². The van der Waals surface area contributed by atoms with E-state index in [1.807, 2.05) is 29.2 Å². The molecule has 0 saturated carbocycles. The summed E-state index contributed by atoms with van der Waals surface area (Å²) in [6, 6.07) is 7.69. The van der Waals surface area contributed by atoms with E-state index < -0.39 is 0 Å². The third kappa shape index (κ3) is 4.15. The molecule has 2 heterocycles. The number of hydrogen-bond acceptors (Lipinski definition) is 3. The lowest BCUT2D eigenvalue weighted by molar-refractivity contribution is -0.136. The molecule has 25 heavy (non-hydrogen) atoms. The summed E-state index contributed by atoms with van der Waals surface area (Å²) >= 11 is 6.19. The van der Waals surface area contributed by atoms with E-state index in [0.717, 1.165) is 36.5 Å². The molecule has 5 nitrogen and oxygen atoms in total. The molecular formula is C19H26ClN3O2. The molecule has 136 valence electrons. The molecule has 1 aromatic carbocycles. The number of piperazine rings is 1. The lowest BCUT2D eigenvalue weighted by Gasteiger charge is -2.49. The molecule has 1 N–H and O–H groups in total. The first-order valence-electron chi connectivity index (χ1n) is 8.99. The average molecular weight is 364 g/mol. The Morgan fingerprint density at radius 3 is 2.88 bits per heavy atom. The van der Waals surface area contributed by atoms with Crippen molar-refractivity contribution in [1.82, 2.24) is 15.1 Å². The molecule has 2 saturated heterocycles. The van der Waals surface area contributed by atoms with Crippen molar-refractivity contribution in [3.8, 4) is 0 Å². The van der Waals surface area contributed by atoms with Gasteiger partial charge in [-0.2, -0.15) is 0 Å². The maximum atomic E-state index is 12.7. The number of amides is 2. The fourth-order valence-electron chi connectivity index (χ4n) is 3.91. The highest BCUT2D eigenvalue weighted by atomic mass is 35.5. The molecule has 2 aliphatic rings. The van der Waals surface area contributed by atoms with E-state index >= 15 is 0 Å². The molecule has 2 aliphatic heterocycles. The maximum absolute atomic E-state index is 12.7. The Balaban J connectivity index is 1.63. The summed E-state index contributed by atoms with van der Waals surface area (Å²) in [4.78, 5) is 28.8. The van der Waals surface area contributed by atoms with Gasteiger partial charge >= 0.3 is 0 Å². The summed E-state index contributed by atoms with van der Waals surface area (Å²) in [6.07, 6.45) is 3.37. The van der Waals surface area contributed by atoms with Crippen molar-refractivity contribution in [3.63, 3.8) is 0 Å². The number of halogens is 1. The lowest BCUT2D eigenvalue weighted by Crippen LogP contribution is -2.62. The zero-order chi connectivity index (χ0) is 17.9. The number of nitrogens with one attached hydrogen (secondary N) is 1. The number of hydrogen-bond donors (Lipinski definition) is 1. The minimum absolute atomic E-state index is 0.0859. The third-order valence-electron chi connectivity index (χ3n) is 5.65. The van der Waals surface area contributed by atoms with Gasteiger partial charge in [-0.15, -0.1) is 0 Å². The highest BCUT2D eigenvalue weighted by molar-refractivity contribution is 6.31. The SMILES string of the molecule is CN1CCN(C(=O)CCc2ccccc2Cl)CC12CCNC(=O)CC2. The summed E-state index contributed by atoms with van der Waals surface area (Å²) < 4.78 is 0. The second-order valence-electron chi connectivity index (χ2n) is 7.15. The highest BCUT2D eigenvalue weighted by Crippen LogP contribution is 2.30. The Kier molecular flexibility index (Phi) is 5.64. The lowest BCUT2D eigenvalue weighted by atomic mass is 9.86. The summed E-state index contributed by atoms with van der Waals surface area (Å²) in [5, 5.41) is 3.67. The first-order chi connectivity index (χ1) is 12.0. The first kappa shape index (κ1) is 18.2. The van der Waals surface area contributed by atoms with E-state index in [0.29, 0.717) is 32.4 Å². The number of rotatable bonds is 3. The predicted octanol–water partition coefficient (Wildman–Crippen LogP) is 2.09. The fourth-order valence-corrected chi connectivity index (χ4v) is 4.14. The topological polar surface area (TPSA) is 52.6 Å². The van der Waals surface area contributed by atoms with Crippen LogP contribution in [0.1, 0.15) is 31.2 Å². The van der Waals surface area contributed by atoms with Crippen molar-refractivity contribution < 1.29 is 9.59 Å². The quantitative estimate of drug-likeness (QED) is 0.894. The van der Waals surface area contributed by atoms with Gasteiger partial charge < -0.3 is 10.2 Å². The Bertz CT molecular complexity index is 651. The minimum Gasteiger partial charge on any atom is -0.356 e. The van der Waals surface area contributed by atoms with Crippen molar-refractivity contribution in [2.45, 2.75) is 37.6 Å². The van der Waals surface area contributed by atoms with Crippen LogP contribution in [0.4, 0.5) is 0 Å². The van der Waals surface area contributed by atoms with Gasteiger partial charge in [0.2, 0.25) is 11.8 Å². The van der Waals surface area contributed by atoms with Crippen molar-refractivity contribution in [3.05, 3.63) is 34.9 Å². The third-order valence-corrected chi connectivity index (χ3v) is 6.02. The molecule has 6 heteroatoms. The second kappa shape index (κ2) is 7.75. The molecule has 1 aromatic rings. The molecule has 1 atom stereocenters. The zero-order valence-corrected chi connectivity index (χ0v) is 15.5. The Labute approximate surface area is 154 Å². The van der Waals surface area contributed by atoms with Crippen LogP contribution in [0.3, 0.4) is 0 Å². The molecule has 2 fully saturated rings. The maximum Gasteiger partial charge on any atom is 0.223 e. The Hall–Kier alpha value is -1.59. The number of benzene rings is 1. The predicted molar refractivity (Wildman–Crippen MR) is 98.6 cm³/mol. The molecular weight excluding hydrogens is 338 g/mol. The summed E-state index contributed by atoms with van der Waals surface area (Å²) in [5.74, 6) is 0.295. The second-order valence-corrected chi connectivity index (χ2v) is 7.56. The number of carbonyl (C=O) groups is 2. The molecule has 0 aromatic heterocycles. The van der Waals surface area contributed by atoms with E-state index in [1.165, 1.54) is 0 Å². The standard InChI is InChI=1S/C19H26ClN3O2/c1-22-12-13-23(14-19(22)9-8-17(24)21-11-10-19)18(25)7-6-15-4-2-3-5-16(15)20/h2-5H,6-14H2,1H3,(H,21,24). The first-order valence-corrected chi connectivity index (χ1v) is 9.37. The van der Waals surface area contributed by atoms with Gasteiger partial charge in [0.1, 0.15) is 0 Å². The normalized spacial score (nSPS) is 24.9. The fraction of sp³-hybridized carbons (Fsp3) is 0.579. The van der Waals surface area contributed by atoms with Gasteiger partial charge in [-0.05, 0) is 37.9 Å². The monoisotopic (exact) mass is 363 g/mol. The Morgan fingerprint density at radius 1 is 1.28 bits per heavy atom. The number of carbonyl (C=O) groups excluding carboxylic acids is 2. The van der Waals surface area contributed by atoms with Gasteiger partial charge in [-0.3, -0.25) is 14.5 Å². The van der Waals surface area contributed by atoms with Crippen molar-refractivity contribution >= 4 is 23.4 Å². The van der Waals surface area contributed by atoms with Crippen LogP contribution < -0.4 is 5.32 Å². The van der Waals surface area contributed by atoms with Crippen LogP contribution in [-0.4, -0.2) is 60.4 Å². The van der Waals surface area contributed by atoms with Crippen LogP contribution in [0.5, 0.6) is 0 Å². The smallest absolute Gasteiger partial charge is 0.223 e. The largest absolute Gasteiger partial charge is 0.356 e. The van der Waals surface area contributed by atoms with Crippen LogP contribution in [-0.2, 0) is 16.0 Å². The van der Waals surface area contributed by atoms with Gasteiger partial charge in [0.15, 0.2) is 0 Å². The van der Waals surface area contributed by atoms with Crippen LogP contribution in [0.25, 0.3) is 0 Å². The van der Waals surface area contributed by atoms with Crippen LogP contribution >= 0.6 is 11.6 Å². The zero-order valence-electron chi connectivity index (χ0n) is 14.8. The van der Waals surface area contributed by atoms with Crippen molar-refractivity contribution in [1.29, 1.82) is 0 Å². The van der Waals surface area contributed by atoms with E-state index in [9.17, 15) is 9.59 Å². The van der Waals surface area contributed by atoms with E-state index in [-0.39, 0.29) is 17.4 Å². The van der Waals surface area contributed by atoms with Gasteiger partial charge in [0.25, 0.3) is 0 Å². The molecule has 0 bridgehead atoms. The van der Waals surface area contributed by atoms with Crippen LogP contribution in [0.2, 0.25) is 5.02 Å². The molecule has 0 radical (unpaired) electrons. The average Bonchev–Trinajstić information content (AvgIpc) is 2.79. The number of aryl methyl sites for hydroxylation is 1. The summed E-state index contributed by atoms with van der Waals surface area (Å²) in [6.45, 7) is 3.00. The molecule has 3 rings (SSSR count). The van der Waals surface area contributed by atoms with Crippen molar-refractivity contribution in [2.75, 3.05) is 33.2 Å². The van der Waals surface area contributed by atoms with Gasteiger partial charge in [0.05, 0.1) is 0 Å². The van der Waals surface area contributed by atoms with Gasteiger partial charge in [0, 0.05) is 49.6 Å². The Morgan fingerprint density at radius 2 is 2.08 bits per heavy atom. The van der Waals surface area contributed by atoms with E-state index in [2.05, 4.69) is 17.3 Å². The minimum atomic E-state index is -0.0859. The molecule has 1 unspecified atom stereocenters. The summed E-state index contributed by atoms with van der Waals surface area (Å²) in [7, 11) is 2.11. The molecule has 2 amide bonds. The van der Waals surface area contributed by atoms with Crippen LogP contribution in [0, 0.1) is 0 Å². The van der Waals surface area contributed by atoms with Crippen molar-refractivity contribution in [2.24, 2.45) is 0 Å². The number of likely N-dealkylation sites (N-methyl/N-ethyl adjacent to an activating group) is 1. The van der Waals surface area contributed by atoms with Gasteiger partial charge in [-0.25, -0.2) is 0 Å². The summed E-state index contributed by atoms with van der Waals surface area (Å²) in [5.41, 5.74) is 0.933. The molecule has 1 spiro atoms. The highest BCUT2D eigenvalue weighted by Gasteiger charge is 2.41. The number of nitrogens with zero attached hydrogens (tertiary/aromatic N) is 2.